The highest BCUT2D eigenvalue weighted by molar-refractivity contribution is 14.1. The third-order valence-corrected chi connectivity index (χ3v) is 3.08. The Bertz CT molecular complexity index is 357. The first-order valence-electron chi connectivity index (χ1n) is 4.84. The predicted molar refractivity (Wildman–Crippen MR) is 69.1 cm³/mol. The Labute approximate surface area is 108 Å². The topological polar surface area (TPSA) is 61.6 Å². The molecule has 0 heterocycles. The molecule has 1 atom stereocenters. The molecule has 0 saturated heterocycles. The van der Waals surface area contributed by atoms with Gasteiger partial charge in [-0.1, -0.05) is 18.2 Å². The van der Waals surface area contributed by atoms with Gasteiger partial charge in [0.25, 0.3) is 0 Å². The molecule has 1 aromatic carbocycles. The van der Waals surface area contributed by atoms with Crippen LogP contribution >= 0.6 is 22.6 Å². The molecule has 0 unspecified atom stereocenters. The summed E-state index contributed by atoms with van der Waals surface area (Å²) < 4.78 is 11.1. The molecule has 0 bridgehead atoms. The van der Waals surface area contributed by atoms with Gasteiger partial charge in [0.2, 0.25) is 0 Å². The molecule has 0 saturated carbocycles. The summed E-state index contributed by atoms with van der Waals surface area (Å²) in [5, 5.41) is 0. The highest BCUT2D eigenvalue weighted by Crippen LogP contribution is 2.25. The molecule has 1 amide bonds. The van der Waals surface area contributed by atoms with Crippen LogP contribution in [-0.2, 0) is 9.47 Å². The number of hydrogen-bond donors (Lipinski definition) is 1. The van der Waals surface area contributed by atoms with Gasteiger partial charge < -0.3 is 15.2 Å². The van der Waals surface area contributed by atoms with Crippen molar-refractivity contribution in [2.24, 2.45) is 5.73 Å². The number of carbonyl (C=O) groups excluding carboxylic acids is 1. The van der Waals surface area contributed by atoms with Crippen molar-refractivity contribution in [3.63, 3.8) is 0 Å². The van der Waals surface area contributed by atoms with E-state index in [0.717, 1.165) is 9.13 Å². The molecular formula is C11H14INO3. The second kappa shape index (κ2) is 6.70. The third-order valence-electron chi connectivity index (χ3n) is 2.09. The molecule has 88 valence electrons. The second-order valence-electron chi connectivity index (χ2n) is 3.23. The first-order chi connectivity index (χ1) is 7.65. The zero-order valence-corrected chi connectivity index (χ0v) is 11.1. The maximum atomic E-state index is 10.8. The highest BCUT2D eigenvalue weighted by Gasteiger charge is 2.17. The fourth-order valence-corrected chi connectivity index (χ4v) is 2.11. The molecule has 0 aliphatic carbocycles. The SMILES string of the molecule is COCC[C@@H](OC(N)=O)c1ccccc1I. The van der Waals surface area contributed by atoms with Gasteiger partial charge in [0.15, 0.2) is 0 Å². The van der Waals surface area contributed by atoms with Gasteiger partial charge in [-0.2, -0.15) is 0 Å². The number of carbonyl (C=O) groups is 1. The van der Waals surface area contributed by atoms with Crippen LogP contribution in [0, 0.1) is 3.57 Å². The normalized spacial score (nSPS) is 12.1. The van der Waals surface area contributed by atoms with Crippen LogP contribution in [0.15, 0.2) is 24.3 Å². The molecule has 1 aromatic rings. The minimum Gasteiger partial charge on any atom is -0.441 e. The van der Waals surface area contributed by atoms with Crippen LogP contribution in [0.25, 0.3) is 0 Å². The van der Waals surface area contributed by atoms with E-state index in [4.69, 9.17) is 15.2 Å². The monoisotopic (exact) mass is 335 g/mol. The molecule has 0 aliphatic rings. The zero-order valence-electron chi connectivity index (χ0n) is 8.98. The van der Waals surface area contributed by atoms with Crippen molar-refractivity contribution in [3.05, 3.63) is 33.4 Å². The van der Waals surface area contributed by atoms with E-state index < -0.39 is 6.09 Å². The molecule has 16 heavy (non-hydrogen) atoms. The van der Waals surface area contributed by atoms with Gasteiger partial charge in [0, 0.05) is 22.7 Å². The number of primary amides is 1. The zero-order chi connectivity index (χ0) is 12.0. The molecule has 2 N–H and O–H groups in total. The summed E-state index contributed by atoms with van der Waals surface area (Å²) in [4.78, 5) is 10.8. The molecule has 0 fully saturated rings. The van der Waals surface area contributed by atoms with Gasteiger partial charge in [0.05, 0.1) is 6.61 Å². The Hall–Kier alpha value is -0.820. The summed E-state index contributed by atoms with van der Waals surface area (Å²) in [5.74, 6) is 0. The van der Waals surface area contributed by atoms with Crippen molar-refractivity contribution in [2.75, 3.05) is 13.7 Å². The Morgan fingerprint density at radius 3 is 2.75 bits per heavy atom. The van der Waals surface area contributed by atoms with Crippen LogP contribution in [0.5, 0.6) is 0 Å². The van der Waals surface area contributed by atoms with E-state index in [9.17, 15) is 4.79 Å². The summed E-state index contributed by atoms with van der Waals surface area (Å²) in [5.41, 5.74) is 6.01. The lowest BCUT2D eigenvalue weighted by molar-refractivity contribution is 0.0772. The molecule has 4 nitrogen and oxygen atoms in total. The average molecular weight is 335 g/mol. The van der Waals surface area contributed by atoms with Gasteiger partial charge in [-0.05, 0) is 28.7 Å². The standard InChI is InChI=1S/C11H14INO3/c1-15-7-6-10(16-11(13)14)8-4-2-3-5-9(8)12/h2-5,10H,6-7H2,1H3,(H2,13,14)/t10-/m1/s1. The lowest BCUT2D eigenvalue weighted by Crippen LogP contribution is -2.19. The number of ether oxygens (including phenoxy) is 2. The number of nitrogens with two attached hydrogens (primary N) is 1. The van der Waals surface area contributed by atoms with Crippen LogP contribution in [-0.4, -0.2) is 19.8 Å². The first kappa shape index (κ1) is 13.2. The van der Waals surface area contributed by atoms with Crippen molar-refractivity contribution in [1.29, 1.82) is 0 Å². The minimum absolute atomic E-state index is 0.342. The number of rotatable bonds is 5. The number of amides is 1. The van der Waals surface area contributed by atoms with Crippen LogP contribution < -0.4 is 5.73 Å². The molecule has 1 rings (SSSR count). The summed E-state index contributed by atoms with van der Waals surface area (Å²) in [7, 11) is 1.61. The van der Waals surface area contributed by atoms with E-state index in [1.807, 2.05) is 24.3 Å². The van der Waals surface area contributed by atoms with Crippen molar-refractivity contribution in [1.82, 2.24) is 0 Å². The Morgan fingerprint density at radius 1 is 1.50 bits per heavy atom. The van der Waals surface area contributed by atoms with Gasteiger partial charge in [-0.3, -0.25) is 0 Å². The molecule has 5 heteroatoms. The Balaban J connectivity index is 2.82. The number of benzene rings is 1. The van der Waals surface area contributed by atoms with Gasteiger partial charge in [-0.25, -0.2) is 4.79 Å². The number of methoxy groups -OCH3 is 1. The van der Waals surface area contributed by atoms with Crippen molar-refractivity contribution in [3.8, 4) is 0 Å². The third kappa shape index (κ3) is 3.97. The van der Waals surface area contributed by atoms with Gasteiger partial charge in [0.1, 0.15) is 6.10 Å². The predicted octanol–water partition coefficient (Wildman–Crippen LogP) is 2.46. The van der Waals surface area contributed by atoms with Crippen LogP contribution in [0.2, 0.25) is 0 Å². The summed E-state index contributed by atoms with van der Waals surface area (Å²) >= 11 is 2.20. The van der Waals surface area contributed by atoms with Crippen LogP contribution in [0.4, 0.5) is 4.79 Å². The quantitative estimate of drug-likeness (QED) is 0.841. The summed E-state index contributed by atoms with van der Waals surface area (Å²) in [6.45, 7) is 0.517. The fourth-order valence-electron chi connectivity index (χ4n) is 1.38. The van der Waals surface area contributed by atoms with E-state index in [-0.39, 0.29) is 6.10 Å². The molecule has 0 aromatic heterocycles. The van der Waals surface area contributed by atoms with Crippen LogP contribution in [0.3, 0.4) is 0 Å². The summed E-state index contributed by atoms with van der Waals surface area (Å²) in [6.07, 6.45) is -0.509. The van der Waals surface area contributed by atoms with E-state index in [0.29, 0.717) is 13.0 Å². The maximum Gasteiger partial charge on any atom is 0.405 e. The smallest absolute Gasteiger partial charge is 0.405 e. The molecule has 0 spiro atoms. The van der Waals surface area contributed by atoms with E-state index >= 15 is 0 Å². The maximum absolute atomic E-state index is 10.8. The van der Waals surface area contributed by atoms with Crippen molar-refractivity contribution in [2.45, 2.75) is 12.5 Å². The molecule has 0 aliphatic heterocycles. The van der Waals surface area contributed by atoms with Gasteiger partial charge >= 0.3 is 6.09 Å². The Morgan fingerprint density at radius 2 is 2.19 bits per heavy atom. The second-order valence-corrected chi connectivity index (χ2v) is 4.39. The molecule has 0 radical (unpaired) electrons. The van der Waals surface area contributed by atoms with Crippen molar-refractivity contribution < 1.29 is 14.3 Å². The Kier molecular flexibility index (Phi) is 5.54. The van der Waals surface area contributed by atoms with Crippen LogP contribution in [0.1, 0.15) is 18.1 Å². The number of halogens is 1. The fraction of sp³-hybridized carbons (Fsp3) is 0.364. The average Bonchev–Trinajstić information content (AvgIpc) is 2.24. The molecular weight excluding hydrogens is 321 g/mol. The lowest BCUT2D eigenvalue weighted by atomic mass is 10.1. The minimum atomic E-state index is -0.763. The van der Waals surface area contributed by atoms with Crippen molar-refractivity contribution >= 4 is 28.7 Å². The van der Waals surface area contributed by atoms with E-state index in [1.165, 1.54) is 0 Å². The summed E-state index contributed by atoms with van der Waals surface area (Å²) in [6, 6.07) is 7.72. The number of hydrogen-bond acceptors (Lipinski definition) is 3. The first-order valence-corrected chi connectivity index (χ1v) is 5.92. The lowest BCUT2D eigenvalue weighted by Gasteiger charge is -2.17. The van der Waals surface area contributed by atoms with Gasteiger partial charge in [-0.15, -0.1) is 0 Å². The van der Waals surface area contributed by atoms with E-state index in [2.05, 4.69) is 22.6 Å². The largest absolute Gasteiger partial charge is 0.441 e. The highest BCUT2D eigenvalue weighted by atomic mass is 127. The van der Waals surface area contributed by atoms with E-state index in [1.54, 1.807) is 7.11 Å².